The highest BCUT2D eigenvalue weighted by atomic mass is 19.4. The van der Waals surface area contributed by atoms with Crippen LogP contribution in [0.4, 0.5) is 13.2 Å². The van der Waals surface area contributed by atoms with E-state index in [4.69, 9.17) is 0 Å². The molecule has 1 heterocycles. The maximum absolute atomic E-state index is 14.3. The molecule has 4 heteroatoms. The van der Waals surface area contributed by atoms with Crippen LogP contribution in [0.1, 0.15) is 78.8 Å². The average molecular weight is 506 g/mol. The number of rotatable bonds is 9. The quantitative estimate of drug-likeness (QED) is 0.207. The first-order chi connectivity index (χ1) is 17.9. The van der Waals surface area contributed by atoms with Gasteiger partial charge in [-0.1, -0.05) is 92.9 Å². The van der Waals surface area contributed by atoms with E-state index in [1.807, 2.05) is 49.4 Å². The van der Waals surface area contributed by atoms with Crippen LogP contribution >= 0.6 is 0 Å². The van der Waals surface area contributed by atoms with Crippen molar-refractivity contribution in [2.24, 2.45) is 0 Å². The van der Waals surface area contributed by atoms with Gasteiger partial charge in [-0.05, 0) is 90.7 Å². The van der Waals surface area contributed by atoms with Crippen LogP contribution in [0.15, 0.2) is 60.7 Å². The van der Waals surface area contributed by atoms with Gasteiger partial charge in [-0.15, -0.1) is 0 Å². The number of hydrogen-bond donors (Lipinski definition) is 0. The summed E-state index contributed by atoms with van der Waals surface area (Å²) in [5.74, 6) is 0. The van der Waals surface area contributed by atoms with E-state index in [9.17, 15) is 13.2 Å². The van der Waals surface area contributed by atoms with Gasteiger partial charge in [0.1, 0.15) is 0 Å². The normalized spacial score (nSPS) is 14.9. The summed E-state index contributed by atoms with van der Waals surface area (Å²) in [7, 11) is 0. The first-order valence-electron chi connectivity index (χ1n) is 13.6. The number of likely N-dealkylation sites (tertiary alicyclic amines) is 1. The highest BCUT2D eigenvalue weighted by Gasteiger charge is 2.34. The van der Waals surface area contributed by atoms with Crippen LogP contribution in [0.2, 0.25) is 0 Å². The van der Waals surface area contributed by atoms with Crippen LogP contribution in [0.3, 0.4) is 0 Å². The summed E-state index contributed by atoms with van der Waals surface area (Å²) in [6.45, 7) is 6.72. The fourth-order valence-corrected chi connectivity index (χ4v) is 5.34. The van der Waals surface area contributed by atoms with E-state index in [-0.39, 0.29) is 5.56 Å². The van der Waals surface area contributed by atoms with Crippen molar-refractivity contribution < 1.29 is 13.2 Å². The number of aryl methyl sites for hydroxylation is 1. The summed E-state index contributed by atoms with van der Waals surface area (Å²) in [6.07, 6.45) is 6.54. The molecule has 1 fully saturated rings. The van der Waals surface area contributed by atoms with Gasteiger partial charge in [-0.25, -0.2) is 0 Å². The van der Waals surface area contributed by atoms with Crippen LogP contribution in [-0.2, 0) is 19.1 Å². The van der Waals surface area contributed by atoms with Crippen LogP contribution < -0.4 is 0 Å². The number of piperidine rings is 1. The van der Waals surface area contributed by atoms with Crippen LogP contribution in [0.25, 0.3) is 23.3 Å². The zero-order valence-corrected chi connectivity index (χ0v) is 22.1. The number of halogens is 3. The lowest BCUT2D eigenvalue weighted by molar-refractivity contribution is -0.137. The summed E-state index contributed by atoms with van der Waals surface area (Å²) in [5.41, 5.74) is 5.80. The minimum absolute atomic E-state index is 0.255. The van der Waals surface area contributed by atoms with Crippen molar-refractivity contribution in [1.29, 1.82) is 0 Å². The van der Waals surface area contributed by atoms with E-state index < -0.39 is 11.7 Å². The fraction of sp³-hybridized carbons (Fsp3) is 0.394. The predicted octanol–water partition coefficient (Wildman–Crippen LogP) is 9.57. The Bertz CT molecular complexity index is 1190. The Kier molecular flexibility index (Phi) is 9.26. The molecule has 0 aromatic heterocycles. The molecule has 0 amide bonds. The SMILES string of the molecule is CCCCCc1cc(/C=C/c2cccc(-c3ccccc3)c2C)c(C(F)(F)F)cc1CN1CCCCC1. The van der Waals surface area contributed by atoms with E-state index in [2.05, 4.69) is 30.0 Å². The maximum atomic E-state index is 14.3. The summed E-state index contributed by atoms with van der Waals surface area (Å²) in [5, 5.41) is 0. The highest BCUT2D eigenvalue weighted by molar-refractivity contribution is 5.78. The van der Waals surface area contributed by atoms with Crippen molar-refractivity contribution in [2.45, 2.75) is 71.5 Å². The largest absolute Gasteiger partial charge is 0.416 e. The van der Waals surface area contributed by atoms with Gasteiger partial charge in [0.05, 0.1) is 5.56 Å². The second-order valence-corrected chi connectivity index (χ2v) is 10.2. The van der Waals surface area contributed by atoms with Crippen molar-refractivity contribution in [3.05, 3.63) is 94.0 Å². The Morgan fingerprint density at radius 2 is 1.54 bits per heavy atom. The third-order valence-electron chi connectivity index (χ3n) is 7.47. The van der Waals surface area contributed by atoms with Gasteiger partial charge in [0, 0.05) is 6.54 Å². The summed E-state index contributed by atoms with van der Waals surface area (Å²) >= 11 is 0. The minimum atomic E-state index is -4.40. The number of alkyl halides is 3. The van der Waals surface area contributed by atoms with Crippen molar-refractivity contribution >= 4 is 12.2 Å². The first-order valence-corrected chi connectivity index (χ1v) is 13.6. The van der Waals surface area contributed by atoms with Gasteiger partial charge in [-0.3, -0.25) is 4.90 Å². The number of benzene rings is 3. The molecule has 1 aliphatic rings. The second-order valence-electron chi connectivity index (χ2n) is 10.2. The highest BCUT2D eigenvalue weighted by Crippen LogP contribution is 2.36. The molecule has 0 radical (unpaired) electrons. The number of hydrogen-bond acceptors (Lipinski definition) is 1. The zero-order valence-electron chi connectivity index (χ0n) is 22.1. The molecular weight excluding hydrogens is 467 g/mol. The Balaban J connectivity index is 1.71. The van der Waals surface area contributed by atoms with Gasteiger partial charge < -0.3 is 0 Å². The maximum Gasteiger partial charge on any atom is 0.416 e. The van der Waals surface area contributed by atoms with Gasteiger partial charge >= 0.3 is 6.18 Å². The van der Waals surface area contributed by atoms with Gasteiger partial charge in [0.2, 0.25) is 0 Å². The van der Waals surface area contributed by atoms with E-state index in [1.165, 1.54) is 12.5 Å². The monoisotopic (exact) mass is 505 g/mol. The topological polar surface area (TPSA) is 3.24 Å². The molecule has 0 atom stereocenters. The van der Waals surface area contributed by atoms with Crippen LogP contribution in [0.5, 0.6) is 0 Å². The molecule has 37 heavy (non-hydrogen) atoms. The lowest BCUT2D eigenvalue weighted by Gasteiger charge is -2.28. The Morgan fingerprint density at radius 1 is 0.811 bits per heavy atom. The van der Waals surface area contributed by atoms with Crippen molar-refractivity contribution in [2.75, 3.05) is 13.1 Å². The Morgan fingerprint density at radius 3 is 2.24 bits per heavy atom. The first kappa shape index (κ1) is 27.2. The van der Waals surface area contributed by atoms with Crippen molar-refractivity contribution in [1.82, 2.24) is 4.90 Å². The molecule has 1 nitrogen and oxygen atoms in total. The van der Waals surface area contributed by atoms with Crippen LogP contribution in [0, 0.1) is 6.92 Å². The smallest absolute Gasteiger partial charge is 0.299 e. The fourth-order valence-electron chi connectivity index (χ4n) is 5.34. The van der Waals surface area contributed by atoms with Gasteiger partial charge in [0.25, 0.3) is 0 Å². The lowest BCUT2D eigenvalue weighted by atomic mass is 9.92. The summed E-state index contributed by atoms with van der Waals surface area (Å²) in [6, 6.07) is 19.3. The van der Waals surface area contributed by atoms with Crippen molar-refractivity contribution in [3.63, 3.8) is 0 Å². The predicted molar refractivity (Wildman–Crippen MR) is 149 cm³/mol. The molecule has 0 unspecified atom stereocenters. The molecule has 3 aromatic carbocycles. The van der Waals surface area contributed by atoms with E-state index in [0.29, 0.717) is 6.54 Å². The summed E-state index contributed by atoms with van der Waals surface area (Å²) < 4.78 is 42.9. The Labute approximate surface area is 220 Å². The third-order valence-corrected chi connectivity index (χ3v) is 7.47. The Hall–Kier alpha value is -2.85. The molecular formula is C33H38F3N. The molecule has 0 aliphatic carbocycles. The van der Waals surface area contributed by atoms with Crippen LogP contribution in [-0.4, -0.2) is 18.0 Å². The minimum Gasteiger partial charge on any atom is -0.299 e. The van der Waals surface area contributed by atoms with Gasteiger partial charge in [-0.2, -0.15) is 13.2 Å². The molecule has 4 rings (SSSR count). The molecule has 3 aromatic rings. The number of unbranched alkanes of at least 4 members (excludes halogenated alkanes) is 2. The van der Waals surface area contributed by atoms with Crippen molar-refractivity contribution in [3.8, 4) is 11.1 Å². The molecule has 0 N–H and O–H groups in total. The van der Waals surface area contributed by atoms with E-state index >= 15 is 0 Å². The lowest BCUT2D eigenvalue weighted by Crippen LogP contribution is -2.29. The molecule has 0 saturated carbocycles. The molecule has 1 aliphatic heterocycles. The molecule has 1 saturated heterocycles. The van der Waals surface area contributed by atoms with Gasteiger partial charge in [0.15, 0.2) is 0 Å². The molecule has 196 valence electrons. The van der Waals surface area contributed by atoms with E-state index in [0.717, 1.165) is 85.0 Å². The number of nitrogens with zero attached hydrogens (tertiary/aromatic N) is 1. The molecule has 0 spiro atoms. The zero-order chi connectivity index (χ0) is 26.3. The van der Waals surface area contributed by atoms with E-state index in [1.54, 1.807) is 6.08 Å². The standard InChI is InChI=1S/C33H38F3N/c1-3-4-7-15-28-22-29(32(33(34,35)36)23-30(28)24-37-20-10-6-11-21-37)19-18-26-16-12-17-31(25(26)2)27-13-8-5-9-14-27/h5,8-9,12-14,16-19,22-23H,3-4,6-7,10-11,15,20-21,24H2,1-2H3/b19-18+. The average Bonchev–Trinajstić information content (AvgIpc) is 2.89. The molecule has 0 bridgehead atoms. The second kappa shape index (κ2) is 12.6. The summed E-state index contributed by atoms with van der Waals surface area (Å²) in [4.78, 5) is 2.32. The third kappa shape index (κ3) is 7.13.